The average Bonchev–Trinajstić information content (AvgIpc) is 2.94. The predicted octanol–water partition coefficient (Wildman–Crippen LogP) is 0.776. The highest BCUT2D eigenvalue weighted by molar-refractivity contribution is 5.12. The van der Waals surface area contributed by atoms with Crippen LogP contribution in [-0.4, -0.2) is 44.6 Å². The highest BCUT2D eigenvalue weighted by atomic mass is 16.3. The highest BCUT2D eigenvalue weighted by Crippen LogP contribution is 2.30. The Morgan fingerprint density at radius 3 is 2.94 bits per heavy atom. The summed E-state index contributed by atoms with van der Waals surface area (Å²) >= 11 is 0. The Balaban J connectivity index is 2.09. The van der Waals surface area contributed by atoms with Gasteiger partial charge >= 0.3 is 0 Å². The number of aliphatic hydroxyl groups is 1. The number of hydrogen-bond donors (Lipinski definition) is 1. The first-order chi connectivity index (χ1) is 8.55. The summed E-state index contributed by atoms with van der Waals surface area (Å²) in [5.41, 5.74) is -0.203. The van der Waals surface area contributed by atoms with Crippen LogP contribution in [0.1, 0.15) is 38.9 Å². The molecule has 2 heterocycles. The normalized spacial score (nSPS) is 24.3. The minimum atomic E-state index is -0.872. The highest BCUT2D eigenvalue weighted by Gasteiger charge is 2.39. The van der Waals surface area contributed by atoms with E-state index in [0.29, 0.717) is 25.2 Å². The smallest absolute Gasteiger partial charge is 0.124 e. The van der Waals surface area contributed by atoms with Crippen molar-refractivity contribution in [3.05, 3.63) is 11.9 Å². The molecular formula is C13H20N4O. The van der Waals surface area contributed by atoms with Gasteiger partial charge in [0.25, 0.3) is 0 Å². The molecule has 1 unspecified atom stereocenters. The standard InChI is InChI=1S/C13H20N4O/c1-4-5-7-16-8-6-13(18,10-16)12-9-17(11(2)3)15-14-12/h9,11,18H,6-8,10H2,1-3H3. The van der Waals surface area contributed by atoms with E-state index >= 15 is 0 Å². The fraction of sp³-hybridized carbons (Fsp3) is 0.692. The molecule has 1 saturated heterocycles. The van der Waals surface area contributed by atoms with Crippen LogP contribution in [-0.2, 0) is 5.60 Å². The van der Waals surface area contributed by atoms with Crippen LogP contribution in [0.2, 0.25) is 0 Å². The Bertz CT molecular complexity index is 471. The molecule has 98 valence electrons. The second-order valence-corrected chi connectivity index (χ2v) is 5.10. The lowest BCUT2D eigenvalue weighted by Crippen LogP contribution is -2.31. The van der Waals surface area contributed by atoms with Crippen LogP contribution in [0.3, 0.4) is 0 Å². The number of rotatable bonds is 3. The Morgan fingerprint density at radius 1 is 1.56 bits per heavy atom. The summed E-state index contributed by atoms with van der Waals surface area (Å²) < 4.78 is 1.78. The number of β-amino-alcohol motifs (C(OH)–C–C–N with tert-alkyl or cyclic N) is 1. The molecule has 1 N–H and O–H groups in total. The Kier molecular flexibility index (Phi) is 3.69. The molecule has 0 saturated carbocycles. The monoisotopic (exact) mass is 248 g/mol. The molecule has 1 aliphatic heterocycles. The summed E-state index contributed by atoms with van der Waals surface area (Å²) in [4.78, 5) is 2.14. The van der Waals surface area contributed by atoms with Crippen molar-refractivity contribution in [3.63, 3.8) is 0 Å². The lowest BCUT2D eigenvalue weighted by Gasteiger charge is -2.19. The number of hydrogen-bond acceptors (Lipinski definition) is 4. The van der Waals surface area contributed by atoms with Crippen molar-refractivity contribution in [2.24, 2.45) is 0 Å². The molecule has 1 aromatic rings. The zero-order chi connectivity index (χ0) is 13.2. The van der Waals surface area contributed by atoms with Gasteiger partial charge in [0.1, 0.15) is 11.3 Å². The van der Waals surface area contributed by atoms with Crippen LogP contribution in [0.25, 0.3) is 0 Å². The van der Waals surface area contributed by atoms with E-state index in [2.05, 4.69) is 27.1 Å². The minimum absolute atomic E-state index is 0.262. The van der Waals surface area contributed by atoms with Crippen LogP contribution < -0.4 is 0 Å². The molecule has 0 amide bonds. The molecule has 5 heteroatoms. The van der Waals surface area contributed by atoms with Gasteiger partial charge in [-0.2, -0.15) is 0 Å². The number of likely N-dealkylation sites (tertiary alicyclic amines) is 1. The van der Waals surface area contributed by atoms with Crippen LogP contribution in [0, 0.1) is 11.8 Å². The Hall–Kier alpha value is -1.38. The predicted molar refractivity (Wildman–Crippen MR) is 68.8 cm³/mol. The molecule has 0 spiro atoms. The van der Waals surface area contributed by atoms with Gasteiger partial charge < -0.3 is 5.11 Å². The second kappa shape index (κ2) is 5.09. The van der Waals surface area contributed by atoms with Gasteiger partial charge in [-0.25, -0.2) is 4.68 Å². The van der Waals surface area contributed by atoms with E-state index in [1.54, 1.807) is 4.68 Å². The Morgan fingerprint density at radius 2 is 2.33 bits per heavy atom. The summed E-state index contributed by atoms with van der Waals surface area (Å²) in [7, 11) is 0. The Labute approximate surface area is 108 Å². The van der Waals surface area contributed by atoms with Gasteiger partial charge in [-0.1, -0.05) is 11.1 Å². The summed E-state index contributed by atoms with van der Waals surface area (Å²) in [6.45, 7) is 8.05. The topological polar surface area (TPSA) is 54.2 Å². The third kappa shape index (κ3) is 2.55. The zero-order valence-electron chi connectivity index (χ0n) is 11.2. The van der Waals surface area contributed by atoms with Gasteiger partial charge in [-0.15, -0.1) is 11.0 Å². The fourth-order valence-electron chi connectivity index (χ4n) is 2.15. The van der Waals surface area contributed by atoms with Crippen molar-refractivity contribution in [2.75, 3.05) is 19.6 Å². The largest absolute Gasteiger partial charge is 0.382 e. The van der Waals surface area contributed by atoms with Crippen molar-refractivity contribution in [2.45, 2.75) is 38.8 Å². The summed E-state index contributed by atoms with van der Waals surface area (Å²) in [5.74, 6) is 5.90. The van der Waals surface area contributed by atoms with E-state index in [1.165, 1.54) is 0 Å². The van der Waals surface area contributed by atoms with E-state index in [9.17, 15) is 5.11 Å². The molecule has 0 aliphatic carbocycles. The van der Waals surface area contributed by atoms with Gasteiger partial charge in [0.15, 0.2) is 0 Å². The summed E-state index contributed by atoms with van der Waals surface area (Å²) in [6, 6.07) is 0.262. The lowest BCUT2D eigenvalue weighted by molar-refractivity contribution is 0.0431. The SMILES string of the molecule is CC#CCN1CCC(O)(c2cn(C(C)C)nn2)C1. The maximum Gasteiger partial charge on any atom is 0.124 e. The third-order valence-corrected chi connectivity index (χ3v) is 3.32. The van der Waals surface area contributed by atoms with Gasteiger partial charge in [-0.3, -0.25) is 4.90 Å². The number of aromatic nitrogens is 3. The first kappa shape index (κ1) is 13.1. The van der Waals surface area contributed by atoms with E-state index in [0.717, 1.165) is 6.54 Å². The molecule has 5 nitrogen and oxygen atoms in total. The van der Waals surface area contributed by atoms with Gasteiger partial charge in [0.05, 0.1) is 12.7 Å². The maximum absolute atomic E-state index is 10.6. The first-order valence-electron chi connectivity index (χ1n) is 6.32. The fourth-order valence-corrected chi connectivity index (χ4v) is 2.15. The van der Waals surface area contributed by atoms with E-state index < -0.39 is 5.60 Å². The van der Waals surface area contributed by atoms with Crippen LogP contribution in [0.5, 0.6) is 0 Å². The molecule has 2 rings (SSSR count). The molecule has 1 fully saturated rings. The lowest BCUT2D eigenvalue weighted by atomic mass is 10.00. The van der Waals surface area contributed by atoms with Crippen molar-refractivity contribution >= 4 is 0 Å². The molecule has 0 radical (unpaired) electrons. The van der Waals surface area contributed by atoms with Crippen LogP contribution >= 0.6 is 0 Å². The van der Waals surface area contributed by atoms with Crippen molar-refractivity contribution in [3.8, 4) is 11.8 Å². The average molecular weight is 248 g/mol. The number of nitrogens with zero attached hydrogens (tertiary/aromatic N) is 4. The first-order valence-corrected chi connectivity index (χ1v) is 6.32. The molecule has 0 aromatic carbocycles. The summed E-state index contributed by atoms with van der Waals surface area (Å²) in [6.07, 6.45) is 2.54. The van der Waals surface area contributed by atoms with E-state index in [-0.39, 0.29) is 6.04 Å². The van der Waals surface area contributed by atoms with Crippen molar-refractivity contribution in [1.82, 2.24) is 19.9 Å². The molecule has 1 atom stereocenters. The van der Waals surface area contributed by atoms with Gasteiger partial charge in [0, 0.05) is 19.1 Å². The van der Waals surface area contributed by atoms with Gasteiger partial charge in [-0.05, 0) is 27.2 Å². The molecule has 1 aromatic heterocycles. The molecule has 18 heavy (non-hydrogen) atoms. The molecular weight excluding hydrogens is 228 g/mol. The van der Waals surface area contributed by atoms with E-state index in [1.807, 2.05) is 27.0 Å². The van der Waals surface area contributed by atoms with Crippen LogP contribution in [0.4, 0.5) is 0 Å². The molecule has 1 aliphatic rings. The zero-order valence-corrected chi connectivity index (χ0v) is 11.2. The van der Waals surface area contributed by atoms with E-state index in [4.69, 9.17) is 0 Å². The summed E-state index contributed by atoms with van der Waals surface area (Å²) in [5, 5.41) is 18.8. The third-order valence-electron chi connectivity index (χ3n) is 3.32. The van der Waals surface area contributed by atoms with Crippen molar-refractivity contribution < 1.29 is 5.11 Å². The second-order valence-electron chi connectivity index (χ2n) is 5.10. The van der Waals surface area contributed by atoms with Crippen molar-refractivity contribution in [1.29, 1.82) is 0 Å². The molecule has 0 bridgehead atoms. The minimum Gasteiger partial charge on any atom is -0.382 e. The quantitative estimate of drug-likeness (QED) is 0.803. The van der Waals surface area contributed by atoms with Crippen LogP contribution in [0.15, 0.2) is 6.20 Å². The van der Waals surface area contributed by atoms with Gasteiger partial charge in [0.2, 0.25) is 0 Å². The maximum atomic E-state index is 10.6.